The monoisotopic (exact) mass is 802 g/mol. The predicted molar refractivity (Wildman–Crippen MR) is 245 cm³/mol. The van der Waals surface area contributed by atoms with Gasteiger partial charge in [-0.15, -0.1) is 0 Å². The number of aromatic nitrogens is 2. The van der Waals surface area contributed by atoms with Crippen LogP contribution in [0.15, 0.2) is 188 Å². The largest absolute Gasteiger partial charge is 0.256 e. The van der Waals surface area contributed by atoms with Crippen molar-refractivity contribution in [1.82, 2.24) is 9.97 Å². The lowest BCUT2D eigenvalue weighted by Crippen LogP contribution is -2.10. The van der Waals surface area contributed by atoms with Gasteiger partial charge in [-0.1, -0.05) is 134 Å². The van der Waals surface area contributed by atoms with E-state index in [2.05, 4.69) is 129 Å². The standard InChI is InChI=1S/C55H41ClF2N2/c1-34-26-46(58)24-25-47(34)53-33-60-55(28-36(53)3)41-18-14-38(15-19-41)49-9-5-7-11-51(49)43-29-42(30-44(56)31-43)50-10-6-4-8-48(50)37-12-16-40(17-13-37)54-27-35(2)52(32-59-54)39-20-22-45(57)23-21-39/h4-34,47H,1-3H3. The van der Waals surface area contributed by atoms with Gasteiger partial charge in [0.1, 0.15) is 11.6 Å². The van der Waals surface area contributed by atoms with Crippen LogP contribution in [-0.4, -0.2) is 9.97 Å². The SMILES string of the molecule is Cc1cc(-c2ccc(-c3ccccc3-c3cc(Cl)cc(-c4ccccc4-c4ccc(-c5cc(C)c(C6C=CC(F)=CC6C)cn5)cc4)c3)cc2)ncc1-c1ccc(F)cc1. The molecule has 0 aliphatic heterocycles. The molecule has 6 aromatic carbocycles. The number of aryl methyl sites for hydroxylation is 2. The van der Waals surface area contributed by atoms with Crippen LogP contribution in [0.25, 0.3) is 78.1 Å². The molecule has 60 heavy (non-hydrogen) atoms. The van der Waals surface area contributed by atoms with E-state index in [4.69, 9.17) is 21.6 Å². The predicted octanol–water partition coefficient (Wildman–Crippen LogP) is 15.7. The molecule has 0 spiro atoms. The lowest BCUT2D eigenvalue weighted by molar-refractivity contribution is 0.574. The van der Waals surface area contributed by atoms with Crippen molar-refractivity contribution in [3.05, 3.63) is 216 Å². The van der Waals surface area contributed by atoms with Gasteiger partial charge < -0.3 is 0 Å². The fourth-order valence-corrected chi connectivity index (χ4v) is 8.64. The summed E-state index contributed by atoms with van der Waals surface area (Å²) in [5, 5.41) is 0.660. The van der Waals surface area contributed by atoms with Crippen molar-refractivity contribution in [1.29, 1.82) is 0 Å². The van der Waals surface area contributed by atoms with E-state index in [1.54, 1.807) is 24.3 Å². The molecular formula is C55H41ClF2N2. The Bertz CT molecular complexity index is 2930. The van der Waals surface area contributed by atoms with Gasteiger partial charge in [-0.2, -0.15) is 0 Å². The molecule has 2 unspecified atom stereocenters. The number of hydrogen-bond acceptors (Lipinski definition) is 2. The molecule has 0 bridgehead atoms. The Kier molecular flexibility index (Phi) is 10.6. The summed E-state index contributed by atoms with van der Waals surface area (Å²) >= 11 is 6.93. The number of allylic oxidation sites excluding steroid dienone is 4. The Hall–Kier alpha value is -6.75. The first kappa shape index (κ1) is 38.8. The first-order valence-corrected chi connectivity index (χ1v) is 20.5. The maximum Gasteiger partial charge on any atom is 0.123 e. The molecule has 8 aromatic rings. The lowest BCUT2D eigenvalue weighted by atomic mass is 9.82. The van der Waals surface area contributed by atoms with Crippen molar-refractivity contribution < 1.29 is 8.78 Å². The minimum atomic E-state index is -0.254. The van der Waals surface area contributed by atoms with Crippen LogP contribution in [0.3, 0.4) is 0 Å². The number of benzene rings is 6. The third-order valence-electron chi connectivity index (χ3n) is 11.6. The molecule has 1 aliphatic rings. The van der Waals surface area contributed by atoms with E-state index in [0.717, 1.165) is 94.8 Å². The average molecular weight is 803 g/mol. The Labute approximate surface area is 355 Å². The van der Waals surface area contributed by atoms with E-state index in [1.807, 2.05) is 37.5 Å². The van der Waals surface area contributed by atoms with Crippen molar-refractivity contribution in [2.24, 2.45) is 5.92 Å². The summed E-state index contributed by atoms with van der Waals surface area (Å²) in [5.74, 6) is -0.263. The normalized spacial score (nSPS) is 14.9. The van der Waals surface area contributed by atoms with Crippen LogP contribution in [0.2, 0.25) is 5.02 Å². The highest BCUT2D eigenvalue weighted by molar-refractivity contribution is 6.31. The number of halogens is 3. The van der Waals surface area contributed by atoms with Crippen molar-refractivity contribution >= 4 is 11.6 Å². The van der Waals surface area contributed by atoms with Gasteiger partial charge in [-0.05, 0) is 141 Å². The van der Waals surface area contributed by atoms with Crippen molar-refractivity contribution in [3.8, 4) is 78.1 Å². The second kappa shape index (κ2) is 16.5. The van der Waals surface area contributed by atoms with Gasteiger partial charge in [0, 0.05) is 40.0 Å². The minimum Gasteiger partial charge on any atom is -0.256 e. The molecule has 0 radical (unpaired) electrons. The molecule has 0 amide bonds. The molecule has 2 atom stereocenters. The summed E-state index contributed by atoms with van der Waals surface area (Å²) in [6.07, 6.45) is 8.98. The minimum absolute atomic E-state index is 0.0683. The van der Waals surface area contributed by atoms with E-state index in [-0.39, 0.29) is 23.5 Å². The van der Waals surface area contributed by atoms with Crippen molar-refractivity contribution in [3.63, 3.8) is 0 Å². The molecule has 0 N–H and O–H groups in total. The second-order valence-electron chi connectivity index (χ2n) is 15.6. The summed E-state index contributed by atoms with van der Waals surface area (Å²) in [5.41, 5.74) is 17.7. The first-order valence-electron chi connectivity index (χ1n) is 20.1. The summed E-state index contributed by atoms with van der Waals surface area (Å²) in [7, 11) is 0. The van der Waals surface area contributed by atoms with Gasteiger partial charge >= 0.3 is 0 Å². The van der Waals surface area contributed by atoms with Crippen LogP contribution in [0, 0.1) is 25.6 Å². The zero-order valence-corrected chi connectivity index (χ0v) is 34.3. The molecule has 5 heteroatoms. The Morgan fingerprint density at radius 1 is 0.483 bits per heavy atom. The topological polar surface area (TPSA) is 25.8 Å². The summed E-state index contributed by atoms with van der Waals surface area (Å²) in [6, 6.07) is 50.9. The maximum absolute atomic E-state index is 13.8. The third kappa shape index (κ3) is 7.87. The Balaban J connectivity index is 0.983. The van der Waals surface area contributed by atoms with Crippen LogP contribution < -0.4 is 0 Å². The number of pyridine rings is 2. The van der Waals surface area contributed by atoms with Gasteiger partial charge in [0.05, 0.1) is 11.4 Å². The summed E-state index contributed by atoms with van der Waals surface area (Å²) in [6.45, 7) is 6.20. The first-order chi connectivity index (χ1) is 29.2. The highest BCUT2D eigenvalue weighted by Gasteiger charge is 2.22. The van der Waals surface area contributed by atoms with E-state index in [9.17, 15) is 8.78 Å². The van der Waals surface area contributed by atoms with Crippen LogP contribution in [-0.2, 0) is 0 Å². The average Bonchev–Trinajstić information content (AvgIpc) is 3.27. The fourth-order valence-electron chi connectivity index (χ4n) is 8.40. The zero-order valence-electron chi connectivity index (χ0n) is 33.5. The van der Waals surface area contributed by atoms with Gasteiger partial charge in [0.15, 0.2) is 0 Å². The van der Waals surface area contributed by atoms with Crippen LogP contribution in [0.4, 0.5) is 8.78 Å². The molecule has 2 heterocycles. The summed E-state index contributed by atoms with van der Waals surface area (Å²) in [4.78, 5) is 9.62. The number of nitrogens with zero attached hydrogens (tertiary/aromatic N) is 2. The molecule has 9 rings (SSSR count). The molecule has 1 aliphatic carbocycles. The van der Waals surface area contributed by atoms with Crippen molar-refractivity contribution in [2.45, 2.75) is 26.7 Å². The fraction of sp³-hybridized carbons (Fsp3) is 0.0909. The Morgan fingerprint density at radius 2 is 0.933 bits per heavy atom. The van der Waals surface area contributed by atoms with E-state index >= 15 is 0 Å². The number of hydrogen-bond donors (Lipinski definition) is 0. The highest BCUT2D eigenvalue weighted by Crippen LogP contribution is 2.40. The van der Waals surface area contributed by atoms with Gasteiger partial charge in [0.2, 0.25) is 0 Å². The molecule has 2 nitrogen and oxygen atoms in total. The van der Waals surface area contributed by atoms with Gasteiger partial charge in [-0.25, -0.2) is 8.78 Å². The molecule has 2 aromatic heterocycles. The van der Waals surface area contributed by atoms with Gasteiger partial charge in [0.25, 0.3) is 0 Å². The second-order valence-corrected chi connectivity index (χ2v) is 16.0. The molecule has 292 valence electrons. The highest BCUT2D eigenvalue weighted by atomic mass is 35.5. The van der Waals surface area contributed by atoms with Crippen LogP contribution in [0.1, 0.15) is 29.5 Å². The molecular weight excluding hydrogens is 762 g/mol. The van der Waals surface area contributed by atoms with E-state index in [0.29, 0.717) is 5.02 Å². The Morgan fingerprint density at radius 3 is 1.43 bits per heavy atom. The maximum atomic E-state index is 13.8. The summed E-state index contributed by atoms with van der Waals surface area (Å²) < 4.78 is 27.3. The van der Waals surface area contributed by atoms with E-state index < -0.39 is 0 Å². The third-order valence-corrected chi connectivity index (χ3v) is 11.8. The number of rotatable bonds is 8. The molecule has 0 fully saturated rings. The lowest BCUT2D eigenvalue weighted by Gasteiger charge is -2.23. The van der Waals surface area contributed by atoms with Crippen LogP contribution >= 0.6 is 11.6 Å². The quantitative estimate of drug-likeness (QED) is 0.153. The zero-order chi connectivity index (χ0) is 41.3. The smallest absolute Gasteiger partial charge is 0.123 e. The van der Waals surface area contributed by atoms with Gasteiger partial charge in [-0.3, -0.25) is 9.97 Å². The molecule has 0 saturated carbocycles. The van der Waals surface area contributed by atoms with Crippen molar-refractivity contribution in [2.75, 3.05) is 0 Å². The van der Waals surface area contributed by atoms with Crippen LogP contribution in [0.5, 0.6) is 0 Å². The molecule has 0 saturated heterocycles. The van der Waals surface area contributed by atoms with E-state index in [1.165, 1.54) is 12.1 Å².